The molecule has 2 amide bonds. The first-order valence-corrected chi connectivity index (χ1v) is 10.2. The number of hydrogen-bond acceptors (Lipinski definition) is 5. The van der Waals surface area contributed by atoms with E-state index in [-0.39, 0.29) is 30.2 Å². The molecule has 3 heterocycles. The predicted molar refractivity (Wildman–Crippen MR) is 110 cm³/mol. The average molecular weight is 438 g/mol. The third-order valence-corrected chi connectivity index (χ3v) is 6.28. The minimum absolute atomic E-state index is 0.0265. The molecule has 1 aromatic carbocycles. The van der Waals surface area contributed by atoms with Crippen LogP contribution >= 0.6 is 0 Å². The molecule has 1 N–H and O–H groups in total. The van der Waals surface area contributed by atoms with Gasteiger partial charge in [0.2, 0.25) is 0 Å². The molecule has 1 unspecified atom stereocenters. The van der Waals surface area contributed by atoms with E-state index in [0.29, 0.717) is 11.4 Å². The first-order chi connectivity index (χ1) is 15.4. The number of hydrogen-bond donors (Lipinski definition) is 1. The molecule has 10 heteroatoms. The fourth-order valence-electron chi connectivity index (χ4n) is 4.55. The molecule has 0 bridgehead atoms. The van der Waals surface area contributed by atoms with Crippen LogP contribution in [0.2, 0.25) is 0 Å². The van der Waals surface area contributed by atoms with E-state index in [4.69, 9.17) is 0 Å². The van der Waals surface area contributed by atoms with Crippen LogP contribution in [0.5, 0.6) is 0 Å². The van der Waals surface area contributed by atoms with Gasteiger partial charge in [-0.15, -0.1) is 0 Å². The van der Waals surface area contributed by atoms with Gasteiger partial charge in [0, 0.05) is 36.8 Å². The predicted octanol–water partition coefficient (Wildman–Crippen LogP) is 2.12. The number of benzene rings is 1. The lowest BCUT2D eigenvalue weighted by Crippen LogP contribution is -2.49. The van der Waals surface area contributed by atoms with Gasteiger partial charge >= 0.3 is 0 Å². The maximum Gasteiger partial charge on any atom is 0.275 e. The number of nitrogens with one attached hydrogen (secondary N) is 1. The topological polar surface area (TPSA) is 93.0 Å². The van der Waals surface area contributed by atoms with Crippen LogP contribution < -0.4 is 10.2 Å². The van der Waals surface area contributed by atoms with Crippen molar-refractivity contribution >= 4 is 17.6 Å². The Kier molecular flexibility index (Phi) is 4.72. The van der Waals surface area contributed by atoms with Gasteiger partial charge in [0.15, 0.2) is 17.3 Å². The molecule has 0 radical (unpaired) electrons. The second-order valence-corrected chi connectivity index (χ2v) is 8.19. The summed E-state index contributed by atoms with van der Waals surface area (Å²) in [5.41, 5.74) is 0.590. The molecule has 1 aliphatic heterocycles. The number of carbonyl (C=O) groups is 2. The van der Waals surface area contributed by atoms with Gasteiger partial charge in [-0.2, -0.15) is 5.10 Å². The zero-order valence-corrected chi connectivity index (χ0v) is 17.4. The van der Waals surface area contributed by atoms with Crippen LogP contribution in [0.3, 0.4) is 0 Å². The molecule has 1 fully saturated rings. The number of likely N-dealkylation sites (N-methyl/N-ethyl adjacent to an activating group) is 1. The van der Waals surface area contributed by atoms with Crippen molar-refractivity contribution in [3.8, 4) is 0 Å². The zero-order valence-electron chi connectivity index (χ0n) is 17.4. The fourth-order valence-corrected chi connectivity index (χ4v) is 4.55. The summed E-state index contributed by atoms with van der Waals surface area (Å²) in [6, 6.07) is 5.21. The first kappa shape index (κ1) is 20.2. The van der Waals surface area contributed by atoms with E-state index in [1.165, 1.54) is 17.2 Å². The van der Waals surface area contributed by atoms with Crippen molar-refractivity contribution in [1.29, 1.82) is 0 Å². The Morgan fingerprint density at radius 3 is 2.69 bits per heavy atom. The molecular formula is C22H20F2N6O2. The van der Waals surface area contributed by atoms with Crippen LogP contribution in [0.25, 0.3) is 0 Å². The summed E-state index contributed by atoms with van der Waals surface area (Å²) in [4.78, 5) is 36.0. The quantitative estimate of drug-likeness (QED) is 0.674. The molecule has 8 nitrogen and oxygen atoms in total. The number of nitrogens with zero attached hydrogens (tertiary/aromatic N) is 5. The van der Waals surface area contributed by atoms with Gasteiger partial charge in [0.1, 0.15) is 11.9 Å². The molecule has 4 atom stereocenters. The summed E-state index contributed by atoms with van der Waals surface area (Å²) >= 11 is 0. The Morgan fingerprint density at radius 1 is 1.16 bits per heavy atom. The van der Waals surface area contributed by atoms with Crippen LogP contribution in [0.4, 0.5) is 14.6 Å². The molecule has 1 aliphatic carbocycles. The fraction of sp³-hybridized carbons (Fsp3) is 0.318. The van der Waals surface area contributed by atoms with Crippen molar-refractivity contribution in [3.05, 3.63) is 71.4 Å². The molecule has 164 valence electrons. The second-order valence-electron chi connectivity index (χ2n) is 8.19. The largest absolute Gasteiger partial charge is 0.338 e. The lowest BCUT2D eigenvalue weighted by atomic mass is 10.1. The van der Waals surface area contributed by atoms with Crippen molar-refractivity contribution in [1.82, 2.24) is 25.1 Å². The SMILES string of the molecule is CC1[C@H]2[C@@H](NC(=O)c3nn(Cc4ccccc4F)cc3F)C(=O)N(C)c3nccnc3[C@@H]12. The van der Waals surface area contributed by atoms with E-state index in [9.17, 15) is 18.4 Å². The van der Waals surface area contributed by atoms with E-state index < -0.39 is 29.3 Å². The lowest BCUT2D eigenvalue weighted by Gasteiger charge is -2.23. The smallest absolute Gasteiger partial charge is 0.275 e. The summed E-state index contributed by atoms with van der Waals surface area (Å²) in [5, 5.41) is 6.66. The molecule has 0 spiro atoms. The van der Waals surface area contributed by atoms with E-state index >= 15 is 0 Å². The Hall–Kier alpha value is -3.69. The van der Waals surface area contributed by atoms with Gasteiger partial charge in [-0.25, -0.2) is 13.8 Å². The second kappa shape index (κ2) is 7.47. The Balaban J connectivity index is 1.38. The molecule has 5 rings (SSSR count). The maximum absolute atomic E-state index is 14.5. The van der Waals surface area contributed by atoms with Gasteiger partial charge in [-0.3, -0.25) is 24.2 Å². The van der Waals surface area contributed by atoms with Crippen LogP contribution in [0.15, 0.2) is 42.9 Å². The Bertz CT molecular complexity index is 1230. The average Bonchev–Trinajstić information content (AvgIpc) is 3.32. The van der Waals surface area contributed by atoms with Gasteiger partial charge < -0.3 is 5.32 Å². The van der Waals surface area contributed by atoms with Crippen molar-refractivity contribution in [2.24, 2.45) is 11.8 Å². The third-order valence-electron chi connectivity index (χ3n) is 6.28. The van der Waals surface area contributed by atoms with Crippen molar-refractivity contribution in [3.63, 3.8) is 0 Å². The van der Waals surface area contributed by atoms with Crippen LogP contribution in [-0.4, -0.2) is 44.7 Å². The van der Waals surface area contributed by atoms with Crippen molar-refractivity contribution in [2.75, 3.05) is 11.9 Å². The van der Waals surface area contributed by atoms with Crippen LogP contribution in [-0.2, 0) is 11.3 Å². The molecular weight excluding hydrogens is 418 g/mol. The maximum atomic E-state index is 14.5. The Labute approximate surface area is 182 Å². The van der Waals surface area contributed by atoms with Gasteiger partial charge in [0.05, 0.1) is 18.4 Å². The number of anilines is 1. The first-order valence-electron chi connectivity index (χ1n) is 10.2. The zero-order chi connectivity index (χ0) is 22.6. The van der Waals surface area contributed by atoms with E-state index in [0.717, 1.165) is 16.6 Å². The molecule has 32 heavy (non-hydrogen) atoms. The molecule has 1 saturated carbocycles. The van der Waals surface area contributed by atoms with Crippen molar-refractivity contribution in [2.45, 2.75) is 25.4 Å². The highest BCUT2D eigenvalue weighted by Gasteiger charge is 2.59. The summed E-state index contributed by atoms with van der Waals surface area (Å²) in [5.74, 6) is -2.06. The van der Waals surface area contributed by atoms with Gasteiger partial charge in [-0.1, -0.05) is 25.1 Å². The van der Waals surface area contributed by atoms with Gasteiger partial charge in [-0.05, 0) is 12.0 Å². The molecule has 2 aromatic heterocycles. The van der Waals surface area contributed by atoms with Crippen LogP contribution in [0.1, 0.15) is 34.6 Å². The number of carbonyl (C=O) groups excluding carboxylic acids is 2. The summed E-state index contributed by atoms with van der Waals surface area (Å²) in [6.07, 6.45) is 4.13. The number of halogens is 2. The number of rotatable bonds is 4. The highest BCUT2D eigenvalue weighted by molar-refractivity contribution is 6.02. The van der Waals surface area contributed by atoms with Crippen LogP contribution in [0, 0.1) is 23.5 Å². The normalized spacial score (nSPS) is 23.9. The Morgan fingerprint density at radius 2 is 1.91 bits per heavy atom. The molecule has 2 aliphatic rings. The molecule has 3 aromatic rings. The minimum atomic E-state index is -0.861. The standard InChI is InChI=1S/C22H20F2N6O2/c1-11-15-16(11)19(22(32)29(2)20-18(15)25-7-8-26-20)27-21(31)17-14(24)10-30(28-17)9-12-5-3-4-6-13(12)23/h3-8,10-11,15-16,19H,9H2,1-2H3,(H,27,31)/t11?,15-,16+,19+/m0/s1. The van der Waals surface area contributed by atoms with E-state index in [1.807, 2.05) is 6.92 Å². The van der Waals surface area contributed by atoms with Gasteiger partial charge in [0.25, 0.3) is 11.8 Å². The third kappa shape index (κ3) is 3.22. The summed E-state index contributed by atoms with van der Waals surface area (Å²) in [7, 11) is 1.58. The van der Waals surface area contributed by atoms with Crippen molar-refractivity contribution < 1.29 is 18.4 Å². The highest BCUT2D eigenvalue weighted by Crippen LogP contribution is 2.58. The lowest BCUT2D eigenvalue weighted by molar-refractivity contribution is -0.120. The summed E-state index contributed by atoms with van der Waals surface area (Å²) in [6.45, 7) is 1.95. The number of fused-ring (bicyclic) bond motifs is 3. The monoisotopic (exact) mass is 438 g/mol. The number of aromatic nitrogens is 4. The minimum Gasteiger partial charge on any atom is -0.338 e. The van der Waals surface area contributed by atoms with E-state index in [2.05, 4.69) is 20.4 Å². The van der Waals surface area contributed by atoms with E-state index in [1.54, 1.807) is 31.4 Å². The number of amides is 2. The summed E-state index contributed by atoms with van der Waals surface area (Å²) < 4.78 is 29.6. The highest BCUT2D eigenvalue weighted by atomic mass is 19.1. The molecule has 0 saturated heterocycles.